The van der Waals surface area contributed by atoms with Crippen molar-refractivity contribution in [2.24, 2.45) is 5.16 Å². The van der Waals surface area contributed by atoms with Crippen LogP contribution in [0.5, 0.6) is 0 Å². The van der Waals surface area contributed by atoms with Gasteiger partial charge in [0.2, 0.25) is 6.10 Å². The van der Waals surface area contributed by atoms with Crippen LogP contribution in [0.2, 0.25) is 0 Å². The van der Waals surface area contributed by atoms with Crippen molar-refractivity contribution in [3.8, 4) is 0 Å². The second-order valence-corrected chi connectivity index (χ2v) is 3.88. The number of amides is 1. The number of carbonyl (C=O) groups is 2. The molecule has 7 heteroatoms. The Morgan fingerprint density at radius 3 is 2.89 bits per heavy atom. The first kappa shape index (κ1) is 12.0. The Morgan fingerprint density at radius 1 is 1.50 bits per heavy atom. The number of pyridine rings is 1. The summed E-state index contributed by atoms with van der Waals surface area (Å²) in [5, 5.41) is 14.6. The first-order chi connectivity index (χ1) is 8.56. The van der Waals surface area contributed by atoms with Gasteiger partial charge in [0.25, 0.3) is 5.91 Å². The number of aryl methyl sites for hydroxylation is 1. The Hall–Kier alpha value is -2.44. The standard InChI is InChI=1S/C11H11N3O4/c1-6-2-7(5-12-4-6)13-10(15)9-3-8(11(16)17)14-18-9/h2,4-5,9H,3H2,1H3,(H,13,15)(H,16,17). The fourth-order valence-corrected chi connectivity index (χ4v) is 1.49. The summed E-state index contributed by atoms with van der Waals surface area (Å²) in [5.41, 5.74) is 1.28. The van der Waals surface area contributed by atoms with Crippen LogP contribution in [0.15, 0.2) is 23.6 Å². The van der Waals surface area contributed by atoms with Gasteiger partial charge < -0.3 is 15.3 Å². The molecule has 2 N–H and O–H groups in total. The molecule has 1 aliphatic rings. The summed E-state index contributed by atoms with van der Waals surface area (Å²) in [6, 6.07) is 1.75. The molecule has 1 atom stereocenters. The average Bonchev–Trinajstić information content (AvgIpc) is 2.78. The van der Waals surface area contributed by atoms with Gasteiger partial charge in [-0.3, -0.25) is 9.78 Å². The van der Waals surface area contributed by atoms with Crippen molar-refractivity contribution < 1.29 is 19.5 Å². The maximum Gasteiger partial charge on any atom is 0.353 e. The Morgan fingerprint density at radius 2 is 2.28 bits per heavy atom. The predicted molar refractivity (Wildman–Crippen MR) is 62.2 cm³/mol. The maximum absolute atomic E-state index is 11.8. The number of hydrogen-bond donors (Lipinski definition) is 2. The summed E-state index contributed by atoms with van der Waals surface area (Å²) in [7, 11) is 0. The molecule has 1 aliphatic heterocycles. The number of anilines is 1. The molecule has 1 unspecified atom stereocenters. The zero-order chi connectivity index (χ0) is 13.1. The van der Waals surface area contributed by atoms with Gasteiger partial charge in [-0.1, -0.05) is 5.16 Å². The predicted octanol–water partition coefficient (Wildman–Crippen LogP) is 0.558. The molecule has 0 radical (unpaired) electrons. The molecule has 0 spiro atoms. The molecule has 1 aromatic rings. The quantitative estimate of drug-likeness (QED) is 0.815. The van der Waals surface area contributed by atoms with Gasteiger partial charge in [0.15, 0.2) is 5.71 Å². The van der Waals surface area contributed by atoms with E-state index in [0.717, 1.165) is 5.56 Å². The second kappa shape index (κ2) is 4.82. The third-order valence-electron chi connectivity index (χ3n) is 2.35. The van der Waals surface area contributed by atoms with Gasteiger partial charge in [-0.2, -0.15) is 0 Å². The fraction of sp³-hybridized carbons (Fsp3) is 0.273. The smallest absolute Gasteiger partial charge is 0.353 e. The minimum absolute atomic E-state index is 0.0413. The summed E-state index contributed by atoms with van der Waals surface area (Å²) in [5.74, 6) is -1.62. The number of aromatic nitrogens is 1. The van der Waals surface area contributed by atoms with Crippen molar-refractivity contribution >= 4 is 23.3 Å². The van der Waals surface area contributed by atoms with Crippen molar-refractivity contribution in [1.82, 2.24) is 4.98 Å². The third kappa shape index (κ3) is 2.62. The summed E-state index contributed by atoms with van der Waals surface area (Å²) < 4.78 is 0. The molecule has 0 aromatic carbocycles. The summed E-state index contributed by atoms with van der Waals surface area (Å²) >= 11 is 0. The first-order valence-corrected chi connectivity index (χ1v) is 5.25. The number of aliphatic carboxylic acids is 1. The van der Waals surface area contributed by atoms with Gasteiger partial charge in [0.1, 0.15) is 0 Å². The van der Waals surface area contributed by atoms with Crippen LogP contribution >= 0.6 is 0 Å². The average molecular weight is 249 g/mol. The van der Waals surface area contributed by atoms with E-state index in [1.165, 1.54) is 6.20 Å². The van der Waals surface area contributed by atoms with E-state index in [2.05, 4.69) is 15.5 Å². The summed E-state index contributed by atoms with van der Waals surface area (Å²) in [4.78, 5) is 31.1. The molecule has 0 aliphatic carbocycles. The van der Waals surface area contributed by atoms with Crippen molar-refractivity contribution in [2.45, 2.75) is 19.4 Å². The molecule has 94 valence electrons. The Labute approximate surface area is 102 Å². The molecule has 1 amide bonds. The van der Waals surface area contributed by atoms with Gasteiger partial charge in [-0.25, -0.2) is 4.79 Å². The molecule has 0 saturated heterocycles. The van der Waals surface area contributed by atoms with Crippen LogP contribution in [0.25, 0.3) is 0 Å². The second-order valence-electron chi connectivity index (χ2n) is 3.88. The lowest BCUT2D eigenvalue weighted by molar-refractivity contribution is -0.129. The van der Waals surface area contributed by atoms with E-state index < -0.39 is 18.0 Å². The molecular weight excluding hydrogens is 238 g/mol. The van der Waals surface area contributed by atoms with E-state index >= 15 is 0 Å². The molecule has 2 rings (SSSR count). The molecular formula is C11H11N3O4. The number of oxime groups is 1. The Balaban J connectivity index is 1.96. The van der Waals surface area contributed by atoms with Crippen molar-refractivity contribution in [2.75, 3.05) is 5.32 Å². The molecule has 7 nitrogen and oxygen atoms in total. The van der Waals surface area contributed by atoms with Gasteiger partial charge in [-0.05, 0) is 18.6 Å². The van der Waals surface area contributed by atoms with Gasteiger partial charge in [0, 0.05) is 12.6 Å². The van der Waals surface area contributed by atoms with Crippen LogP contribution in [0.3, 0.4) is 0 Å². The molecule has 0 saturated carbocycles. The number of nitrogens with zero attached hydrogens (tertiary/aromatic N) is 2. The van der Waals surface area contributed by atoms with E-state index in [9.17, 15) is 9.59 Å². The van der Waals surface area contributed by atoms with Crippen LogP contribution in [0, 0.1) is 6.92 Å². The van der Waals surface area contributed by atoms with Gasteiger partial charge in [-0.15, -0.1) is 0 Å². The highest BCUT2D eigenvalue weighted by atomic mass is 16.6. The third-order valence-corrected chi connectivity index (χ3v) is 2.35. The van der Waals surface area contributed by atoms with Crippen LogP contribution in [-0.2, 0) is 14.4 Å². The van der Waals surface area contributed by atoms with E-state index in [1.807, 2.05) is 6.92 Å². The number of carbonyl (C=O) groups excluding carboxylic acids is 1. The first-order valence-electron chi connectivity index (χ1n) is 5.25. The minimum Gasteiger partial charge on any atom is -0.477 e. The van der Waals surface area contributed by atoms with E-state index in [4.69, 9.17) is 9.94 Å². The maximum atomic E-state index is 11.8. The fourth-order valence-electron chi connectivity index (χ4n) is 1.49. The Kier molecular flexibility index (Phi) is 3.22. The van der Waals surface area contributed by atoms with Crippen LogP contribution in [-0.4, -0.2) is 33.8 Å². The van der Waals surface area contributed by atoms with E-state index in [-0.39, 0.29) is 12.1 Å². The molecule has 0 bridgehead atoms. The number of nitrogens with one attached hydrogen (secondary N) is 1. The van der Waals surface area contributed by atoms with Gasteiger partial charge >= 0.3 is 5.97 Å². The van der Waals surface area contributed by atoms with Crippen molar-refractivity contribution in [3.63, 3.8) is 0 Å². The number of carboxylic acids is 1. The highest BCUT2D eigenvalue weighted by Crippen LogP contribution is 2.14. The molecule has 18 heavy (non-hydrogen) atoms. The lowest BCUT2D eigenvalue weighted by Crippen LogP contribution is -2.29. The summed E-state index contributed by atoms with van der Waals surface area (Å²) in [6.45, 7) is 1.85. The van der Waals surface area contributed by atoms with Crippen LogP contribution in [0.4, 0.5) is 5.69 Å². The lowest BCUT2D eigenvalue weighted by Gasteiger charge is -2.09. The number of rotatable bonds is 3. The highest BCUT2D eigenvalue weighted by molar-refractivity contribution is 6.36. The highest BCUT2D eigenvalue weighted by Gasteiger charge is 2.31. The van der Waals surface area contributed by atoms with Gasteiger partial charge in [0.05, 0.1) is 11.9 Å². The van der Waals surface area contributed by atoms with Crippen molar-refractivity contribution in [3.05, 3.63) is 24.0 Å². The van der Waals surface area contributed by atoms with E-state index in [1.54, 1.807) is 12.3 Å². The van der Waals surface area contributed by atoms with E-state index in [0.29, 0.717) is 5.69 Å². The van der Waals surface area contributed by atoms with Crippen LogP contribution in [0.1, 0.15) is 12.0 Å². The lowest BCUT2D eigenvalue weighted by atomic mass is 10.1. The summed E-state index contributed by atoms with van der Waals surface area (Å²) in [6.07, 6.45) is 2.21. The number of hydrogen-bond acceptors (Lipinski definition) is 5. The minimum atomic E-state index is -1.18. The largest absolute Gasteiger partial charge is 0.477 e. The monoisotopic (exact) mass is 249 g/mol. The van der Waals surface area contributed by atoms with Crippen molar-refractivity contribution in [1.29, 1.82) is 0 Å². The number of carboxylic acid groups (broad SMARTS) is 1. The molecule has 2 heterocycles. The van der Waals surface area contributed by atoms with Crippen LogP contribution < -0.4 is 5.32 Å². The normalized spacial score (nSPS) is 17.8. The zero-order valence-corrected chi connectivity index (χ0v) is 9.58. The zero-order valence-electron chi connectivity index (χ0n) is 9.58. The Bertz CT molecular complexity index is 527. The molecule has 1 aromatic heterocycles. The SMILES string of the molecule is Cc1cncc(NC(=O)C2CC(C(=O)O)=NO2)c1. The topological polar surface area (TPSA) is 101 Å². The molecule has 0 fully saturated rings.